The van der Waals surface area contributed by atoms with Crippen LogP contribution >= 0.6 is 11.6 Å². The summed E-state index contributed by atoms with van der Waals surface area (Å²) >= 11 is 5.67. The average Bonchev–Trinajstić information content (AvgIpc) is 2.15. The Hall–Kier alpha value is -1.47. The summed E-state index contributed by atoms with van der Waals surface area (Å²) in [5.74, 6) is 0.0806. The van der Waals surface area contributed by atoms with Crippen LogP contribution in [0.2, 0.25) is 5.15 Å². The number of anilines is 1. The Labute approximate surface area is 103 Å². The summed E-state index contributed by atoms with van der Waals surface area (Å²) in [7, 11) is 1.55. The number of methoxy groups -OCH3 is 1. The number of ether oxygens (including phenoxy) is 1. The summed E-state index contributed by atoms with van der Waals surface area (Å²) in [5.41, 5.74) is -0.838. The van der Waals surface area contributed by atoms with Gasteiger partial charge < -0.3 is 10.1 Å². The van der Waals surface area contributed by atoms with E-state index in [1.165, 1.54) is 6.33 Å². The lowest BCUT2D eigenvalue weighted by molar-refractivity contribution is -0.384. The molecular weight excluding hydrogens is 248 g/mol. The van der Waals surface area contributed by atoms with Crippen LogP contribution in [0.1, 0.15) is 13.8 Å². The lowest BCUT2D eigenvalue weighted by Gasteiger charge is -2.25. The van der Waals surface area contributed by atoms with Crippen LogP contribution in [-0.4, -0.2) is 34.1 Å². The number of hydrogen-bond acceptors (Lipinski definition) is 6. The van der Waals surface area contributed by atoms with Gasteiger partial charge in [-0.3, -0.25) is 10.1 Å². The number of nitrogens with zero attached hydrogens (tertiary/aromatic N) is 3. The molecule has 7 nitrogen and oxygen atoms in total. The molecule has 0 bridgehead atoms. The van der Waals surface area contributed by atoms with Crippen molar-refractivity contribution >= 4 is 23.1 Å². The highest BCUT2D eigenvalue weighted by atomic mass is 35.5. The van der Waals surface area contributed by atoms with Gasteiger partial charge in [0.1, 0.15) is 6.33 Å². The standard InChI is InChI=1S/C9H13ClN4O3/c1-9(2,4-17-3)13-8-6(14(15)16)7(10)11-5-12-8/h5H,4H2,1-3H3,(H,11,12,13). The second-order valence-corrected chi connectivity index (χ2v) is 4.42. The van der Waals surface area contributed by atoms with E-state index >= 15 is 0 Å². The van der Waals surface area contributed by atoms with Gasteiger partial charge in [-0.2, -0.15) is 0 Å². The van der Waals surface area contributed by atoms with Crippen molar-refractivity contribution < 1.29 is 9.66 Å². The second kappa shape index (κ2) is 5.24. The van der Waals surface area contributed by atoms with Gasteiger partial charge in [-0.1, -0.05) is 11.6 Å². The molecule has 0 atom stereocenters. The van der Waals surface area contributed by atoms with Crippen molar-refractivity contribution in [1.29, 1.82) is 0 Å². The van der Waals surface area contributed by atoms with E-state index in [2.05, 4.69) is 15.3 Å². The molecule has 0 amide bonds. The Morgan fingerprint density at radius 1 is 1.59 bits per heavy atom. The highest BCUT2D eigenvalue weighted by Crippen LogP contribution is 2.30. The highest BCUT2D eigenvalue weighted by molar-refractivity contribution is 6.31. The van der Waals surface area contributed by atoms with Gasteiger partial charge in [0.2, 0.25) is 11.0 Å². The predicted molar refractivity (Wildman–Crippen MR) is 63.3 cm³/mol. The van der Waals surface area contributed by atoms with E-state index in [1.54, 1.807) is 7.11 Å². The fourth-order valence-electron chi connectivity index (χ4n) is 1.33. The number of aromatic nitrogens is 2. The van der Waals surface area contributed by atoms with Gasteiger partial charge in [-0.25, -0.2) is 9.97 Å². The summed E-state index contributed by atoms with van der Waals surface area (Å²) in [6, 6.07) is 0. The zero-order chi connectivity index (χ0) is 13.1. The van der Waals surface area contributed by atoms with Gasteiger partial charge in [0.25, 0.3) is 0 Å². The first-order valence-electron chi connectivity index (χ1n) is 4.79. The molecule has 0 saturated heterocycles. The third-order valence-electron chi connectivity index (χ3n) is 1.92. The van der Waals surface area contributed by atoms with Crippen LogP contribution in [-0.2, 0) is 4.74 Å². The smallest absolute Gasteiger partial charge is 0.348 e. The minimum atomic E-state index is -0.618. The van der Waals surface area contributed by atoms with Crippen LogP contribution in [0.3, 0.4) is 0 Å². The SMILES string of the molecule is COCC(C)(C)Nc1ncnc(Cl)c1[N+](=O)[O-]. The molecule has 0 spiro atoms. The zero-order valence-electron chi connectivity index (χ0n) is 9.73. The third-order valence-corrected chi connectivity index (χ3v) is 2.20. The number of halogens is 1. The summed E-state index contributed by atoms with van der Waals surface area (Å²) in [6.45, 7) is 4.03. The summed E-state index contributed by atoms with van der Waals surface area (Å²) in [5, 5.41) is 13.6. The average molecular weight is 261 g/mol. The zero-order valence-corrected chi connectivity index (χ0v) is 10.5. The van der Waals surface area contributed by atoms with Gasteiger partial charge >= 0.3 is 5.69 Å². The van der Waals surface area contributed by atoms with Gasteiger partial charge in [0, 0.05) is 7.11 Å². The molecule has 0 aliphatic heterocycles. The molecule has 0 radical (unpaired) electrons. The van der Waals surface area contributed by atoms with Crippen molar-refractivity contribution in [3.63, 3.8) is 0 Å². The second-order valence-electron chi connectivity index (χ2n) is 4.06. The van der Waals surface area contributed by atoms with E-state index in [0.717, 1.165) is 0 Å². The minimum Gasteiger partial charge on any atom is -0.382 e. The number of rotatable bonds is 5. The van der Waals surface area contributed by atoms with Crippen molar-refractivity contribution in [3.05, 3.63) is 21.6 Å². The maximum atomic E-state index is 10.9. The Morgan fingerprint density at radius 2 is 2.24 bits per heavy atom. The van der Waals surface area contributed by atoms with Crippen molar-refractivity contribution in [2.75, 3.05) is 19.0 Å². The molecule has 1 heterocycles. The minimum absolute atomic E-state index is 0.0806. The highest BCUT2D eigenvalue weighted by Gasteiger charge is 2.26. The van der Waals surface area contributed by atoms with Crippen LogP contribution in [0.15, 0.2) is 6.33 Å². The normalized spacial score (nSPS) is 11.3. The molecule has 1 aromatic heterocycles. The molecule has 1 rings (SSSR count). The van der Waals surface area contributed by atoms with E-state index in [0.29, 0.717) is 6.61 Å². The van der Waals surface area contributed by atoms with Gasteiger partial charge in [0.15, 0.2) is 0 Å². The summed E-state index contributed by atoms with van der Waals surface area (Å²) < 4.78 is 5.00. The van der Waals surface area contributed by atoms with Crippen molar-refractivity contribution in [2.24, 2.45) is 0 Å². The molecule has 94 valence electrons. The summed E-state index contributed by atoms with van der Waals surface area (Å²) in [4.78, 5) is 17.6. The topological polar surface area (TPSA) is 90.2 Å². The third kappa shape index (κ3) is 3.50. The molecular formula is C9H13ClN4O3. The molecule has 1 N–H and O–H groups in total. The van der Waals surface area contributed by atoms with Crippen LogP contribution in [0.25, 0.3) is 0 Å². The van der Waals surface area contributed by atoms with E-state index in [1.807, 2.05) is 13.8 Å². The molecule has 0 aliphatic carbocycles. The summed E-state index contributed by atoms with van der Waals surface area (Å²) in [6.07, 6.45) is 1.17. The van der Waals surface area contributed by atoms with Crippen LogP contribution < -0.4 is 5.32 Å². The van der Waals surface area contributed by atoms with Gasteiger partial charge in [-0.05, 0) is 13.8 Å². The maximum absolute atomic E-state index is 10.9. The Morgan fingerprint density at radius 3 is 2.76 bits per heavy atom. The predicted octanol–water partition coefficient (Wildman–Crippen LogP) is 1.88. The fourth-order valence-corrected chi connectivity index (χ4v) is 1.53. The van der Waals surface area contributed by atoms with E-state index in [4.69, 9.17) is 16.3 Å². The van der Waals surface area contributed by atoms with Crippen LogP contribution in [0.5, 0.6) is 0 Å². The van der Waals surface area contributed by atoms with Crippen molar-refractivity contribution in [1.82, 2.24) is 9.97 Å². The largest absolute Gasteiger partial charge is 0.382 e. The number of hydrogen-bond donors (Lipinski definition) is 1. The molecule has 0 unspecified atom stereocenters. The van der Waals surface area contributed by atoms with Crippen LogP contribution in [0.4, 0.5) is 11.5 Å². The number of nitro groups is 1. The van der Waals surface area contributed by atoms with Gasteiger partial charge in [0.05, 0.1) is 17.1 Å². The van der Waals surface area contributed by atoms with Crippen molar-refractivity contribution in [3.8, 4) is 0 Å². The van der Waals surface area contributed by atoms with Gasteiger partial charge in [-0.15, -0.1) is 0 Å². The van der Waals surface area contributed by atoms with Crippen molar-refractivity contribution in [2.45, 2.75) is 19.4 Å². The molecule has 17 heavy (non-hydrogen) atoms. The van der Waals surface area contributed by atoms with E-state index in [-0.39, 0.29) is 16.7 Å². The Balaban J connectivity index is 3.06. The molecule has 0 aromatic carbocycles. The Bertz CT molecular complexity index is 425. The van der Waals surface area contributed by atoms with Crippen LogP contribution in [0, 0.1) is 10.1 Å². The molecule has 0 saturated carbocycles. The first-order valence-corrected chi connectivity index (χ1v) is 5.17. The Kier molecular flexibility index (Phi) is 4.19. The quantitative estimate of drug-likeness (QED) is 0.494. The monoisotopic (exact) mass is 260 g/mol. The molecule has 0 aliphatic rings. The van der Waals surface area contributed by atoms with E-state index < -0.39 is 10.5 Å². The molecule has 1 aromatic rings. The number of nitrogens with one attached hydrogen (secondary N) is 1. The fraction of sp³-hybridized carbons (Fsp3) is 0.556. The molecule has 0 fully saturated rings. The van der Waals surface area contributed by atoms with E-state index in [9.17, 15) is 10.1 Å². The first-order chi connectivity index (χ1) is 7.87. The maximum Gasteiger partial charge on any atom is 0.348 e. The lowest BCUT2D eigenvalue weighted by Crippen LogP contribution is -2.36. The lowest BCUT2D eigenvalue weighted by atomic mass is 10.1. The molecule has 8 heteroatoms. The first kappa shape index (κ1) is 13.6.